The van der Waals surface area contributed by atoms with E-state index in [2.05, 4.69) is 10.5 Å². The molecular formula is C14H14N2O3. The van der Waals surface area contributed by atoms with Crippen LogP contribution in [0.1, 0.15) is 11.3 Å². The molecule has 0 aliphatic rings. The maximum Gasteiger partial charge on any atom is 0.261 e. The van der Waals surface area contributed by atoms with Gasteiger partial charge in [-0.1, -0.05) is 35.5 Å². The Morgan fingerprint density at radius 2 is 2.11 bits per heavy atom. The highest BCUT2D eigenvalue weighted by Crippen LogP contribution is 1.97. The van der Waals surface area contributed by atoms with Gasteiger partial charge in [-0.2, -0.15) is 0 Å². The van der Waals surface area contributed by atoms with Gasteiger partial charge in [-0.3, -0.25) is 4.79 Å². The molecule has 0 saturated heterocycles. The van der Waals surface area contributed by atoms with Crippen LogP contribution in [0.3, 0.4) is 0 Å². The van der Waals surface area contributed by atoms with Crippen LogP contribution in [0, 0.1) is 0 Å². The summed E-state index contributed by atoms with van der Waals surface area (Å²) < 4.78 is 5.02. The highest BCUT2D eigenvalue weighted by atomic mass is 16.6. The highest BCUT2D eigenvalue weighted by Gasteiger charge is 2.00. The third-order valence-electron chi connectivity index (χ3n) is 2.33. The normalized spacial score (nSPS) is 10.5. The zero-order chi connectivity index (χ0) is 13.3. The Balaban J connectivity index is 1.65. The van der Waals surface area contributed by atoms with Crippen molar-refractivity contribution in [1.82, 2.24) is 5.32 Å². The number of carbonyl (C=O) groups is 1. The van der Waals surface area contributed by atoms with Crippen molar-refractivity contribution in [1.29, 1.82) is 0 Å². The predicted octanol–water partition coefficient (Wildman–Crippen LogP) is 1.95. The van der Waals surface area contributed by atoms with E-state index in [4.69, 9.17) is 9.25 Å². The Morgan fingerprint density at radius 3 is 2.84 bits per heavy atom. The van der Waals surface area contributed by atoms with E-state index >= 15 is 0 Å². The maximum absolute atomic E-state index is 11.4. The van der Waals surface area contributed by atoms with Crippen molar-refractivity contribution in [3.63, 3.8) is 0 Å². The fraction of sp³-hybridized carbons (Fsp3) is 0.143. The lowest BCUT2D eigenvalue weighted by atomic mass is 10.2. The molecule has 5 heteroatoms. The summed E-state index contributed by atoms with van der Waals surface area (Å²) >= 11 is 0. The van der Waals surface area contributed by atoms with Crippen molar-refractivity contribution in [2.24, 2.45) is 5.16 Å². The summed E-state index contributed by atoms with van der Waals surface area (Å²) in [5.41, 5.74) is 1.04. The molecule has 1 aromatic heterocycles. The van der Waals surface area contributed by atoms with Gasteiger partial charge in [0, 0.05) is 6.54 Å². The van der Waals surface area contributed by atoms with E-state index < -0.39 is 0 Å². The zero-order valence-corrected chi connectivity index (χ0v) is 10.3. The molecule has 1 amide bonds. The molecule has 0 aliphatic heterocycles. The number of nitrogens with one attached hydrogen (secondary N) is 1. The molecule has 1 heterocycles. The van der Waals surface area contributed by atoms with Crippen LogP contribution in [0.25, 0.3) is 0 Å². The van der Waals surface area contributed by atoms with Crippen molar-refractivity contribution in [2.75, 3.05) is 6.61 Å². The number of carbonyl (C=O) groups excluding carboxylic acids is 1. The largest absolute Gasteiger partial charge is 0.463 e. The Kier molecular flexibility index (Phi) is 4.75. The third-order valence-corrected chi connectivity index (χ3v) is 2.33. The van der Waals surface area contributed by atoms with Crippen molar-refractivity contribution in [3.05, 3.63) is 60.1 Å². The van der Waals surface area contributed by atoms with E-state index in [9.17, 15) is 4.79 Å². The molecule has 2 rings (SSSR count). The van der Waals surface area contributed by atoms with Gasteiger partial charge in [0.15, 0.2) is 6.61 Å². The molecule has 1 aromatic carbocycles. The summed E-state index contributed by atoms with van der Waals surface area (Å²) in [4.78, 5) is 16.3. The average Bonchev–Trinajstić information content (AvgIpc) is 2.96. The topological polar surface area (TPSA) is 63.8 Å². The summed E-state index contributed by atoms with van der Waals surface area (Å²) in [5, 5.41) is 6.36. The molecule has 0 spiro atoms. The third kappa shape index (κ3) is 4.67. The van der Waals surface area contributed by atoms with Crippen molar-refractivity contribution < 1.29 is 14.0 Å². The second kappa shape index (κ2) is 7.00. The fourth-order valence-corrected chi connectivity index (χ4v) is 1.40. The lowest BCUT2D eigenvalue weighted by molar-refractivity contribution is -0.125. The minimum atomic E-state index is -0.222. The fourth-order valence-electron chi connectivity index (χ4n) is 1.40. The smallest absolute Gasteiger partial charge is 0.261 e. The number of oxime groups is 1. The van der Waals surface area contributed by atoms with Gasteiger partial charge in [-0.25, -0.2) is 0 Å². The Hall–Kier alpha value is -2.56. The molecule has 0 unspecified atom stereocenters. The SMILES string of the molecule is O=C(CON=Cc1ccco1)NCc1ccccc1. The maximum atomic E-state index is 11.4. The minimum absolute atomic E-state index is 0.121. The van der Waals surface area contributed by atoms with Gasteiger partial charge in [0.2, 0.25) is 0 Å². The van der Waals surface area contributed by atoms with Gasteiger partial charge >= 0.3 is 0 Å². The zero-order valence-electron chi connectivity index (χ0n) is 10.3. The molecule has 0 saturated carbocycles. The molecular weight excluding hydrogens is 244 g/mol. The first-order chi connectivity index (χ1) is 9.34. The van der Waals surface area contributed by atoms with Gasteiger partial charge in [-0.15, -0.1) is 0 Å². The Morgan fingerprint density at radius 1 is 1.26 bits per heavy atom. The van der Waals surface area contributed by atoms with Crippen LogP contribution in [0.2, 0.25) is 0 Å². The van der Waals surface area contributed by atoms with Gasteiger partial charge in [-0.05, 0) is 17.7 Å². The standard InChI is InChI=1S/C14H14N2O3/c17-14(15-9-12-5-2-1-3-6-12)11-19-16-10-13-7-4-8-18-13/h1-8,10H,9,11H2,(H,15,17). The lowest BCUT2D eigenvalue weighted by Gasteiger charge is -2.03. The first kappa shape index (κ1) is 12.9. The van der Waals surface area contributed by atoms with E-state index in [0.29, 0.717) is 12.3 Å². The number of nitrogens with zero attached hydrogens (tertiary/aromatic N) is 1. The molecule has 0 fully saturated rings. The van der Waals surface area contributed by atoms with Crippen LogP contribution < -0.4 is 5.32 Å². The average molecular weight is 258 g/mol. The summed E-state index contributed by atoms with van der Waals surface area (Å²) in [6.07, 6.45) is 2.94. The molecule has 0 radical (unpaired) electrons. The lowest BCUT2D eigenvalue weighted by Crippen LogP contribution is -2.26. The number of hydrogen-bond acceptors (Lipinski definition) is 4. The first-order valence-electron chi connectivity index (χ1n) is 5.84. The van der Waals surface area contributed by atoms with Gasteiger partial charge in [0.05, 0.1) is 6.26 Å². The summed E-state index contributed by atoms with van der Waals surface area (Å²) in [5.74, 6) is 0.352. The second-order valence-corrected chi connectivity index (χ2v) is 3.79. The van der Waals surface area contributed by atoms with E-state index in [1.165, 1.54) is 12.5 Å². The highest BCUT2D eigenvalue weighted by molar-refractivity contribution is 5.77. The summed E-state index contributed by atoms with van der Waals surface area (Å²) in [7, 11) is 0. The molecule has 19 heavy (non-hydrogen) atoms. The number of amides is 1. The van der Waals surface area contributed by atoms with E-state index in [-0.39, 0.29) is 12.5 Å². The van der Waals surface area contributed by atoms with Crippen LogP contribution >= 0.6 is 0 Å². The summed E-state index contributed by atoms with van der Waals surface area (Å²) in [6, 6.07) is 13.1. The second-order valence-electron chi connectivity index (χ2n) is 3.79. The van der Waals surface area contributed by atoms with Gasteiger partial charge in [0.1, 0.15) is 12.0 Å². The van der Waals surface area contributed by atoms with Crippen LogP contribution in [0.15, 0.2) is 58.3 Å². The molecule has 2 aromatic rings. The Bertz CT molecular complexity index is 521. The molecule has 0 atom stereocenters. The van der Waals surface area contributed by atoms with E-state index in [0.717, 1.165) is 5.56 Å². The summed E-state index contributed by atoms with van der Waals surface area (Å²) in [6.45, 7) is 0.356. The van der Waals surface area contributed by atoms with Crippen LogP contribution in [0.5, 0.6) is 0 Å². The monoisotopic (exact) mass is 258 g/mol. The van der Waals surface area contributed by atoms with Crippen molar-refractivity contribution in [2.45, 2.75) is 6.54 Å². The Labute approximate surface area is 110 Å². The van der Waals surface area contributed by atoms with Crippen molar-refractivity contribution in [3.8, 4) is 0 Å². The number of benzene rings is 1. The first-order valence-corrected chi connectivity index (χ1v) is 5.84. The number of hydrogen-bond donors (Lipinski definition) is 1. The van der Waals surface area contributed by atoms with Gasteiger partial charge < -0.3 is 14.6 Å². The molecule has 98 valence electrons. The van der Waals surface area contributed by atoms with Gasteiger partial charge in [0.25, 0.3) is 5.91 Å². The minimum Gasteiger partial charge on any atom is -0.463 e. The molecule has 0 aliphatic carbocycles. The number of furan rings is 1. The van der Waals surface area contributed by atoms with Crippen LogP contribution in [-0.2, 0) is 16.2 Å². The van der Waals surface area contributed by atoms with E-state index in [1.54, 1.807) is 12.1 Å². The molecule has 5 nitrogen and oxygen atoms in total. The molecule has 1 N–H and O–H groups in total. The molecule has 0 bridgehead atoms. The van der Waals surface area contributed by atoms with Crippen LogP contribution in [0.4, 0.5) is 0 Å². The quantitative estimate of drug-likeness (QED) is 0.636. The number of rotatable bonds is 6. The van der Waals surface area contributed by atoms with Crippen molar-refractivity contribution >= 4 is 12.1 Å². The van der Waals surface area contributed by atoms with E-state index in [1.807, 2.05) is 30.3 Å². The van der Waals surface area contributed by atoms with Crippen LogP contribution in [-0.4, -0.2) is 18.7 Å². The predicted molar refractivity (Wildman–Crippen MR) is 70.5 cm³/mol.